The second kappa shape index (κ2) is 6.75. The first-order valence-corrected chi connectivity index (χ1v) is 7.26. The molecule has 0 saturated carbocycles. The molecule has 0 unspecified atom stereocenters. The van der Waals surface area contributed by atoms with E-state index in [1.807, 2.05) is 43.0 Å². The van der Waals surface area contributed by atoms with Gasteiger partial charge in [0.1, 0.15) is 5.75 Å². The van der Waals surface area contributed by atoms with Gasteiger partial charge >= 0.3 is 0 Å². The van der Waals surface area contributed by atoms with Gasteiger partial charge in [-0.3, -0.25) is 4.79 Å². The first-order chi connectivity index (χ1) is 9.54. The fourth-order valence-corrected chi connectivity index (χ4v) is 2.36. The molecule has 20 heavy (non-hydrogen) atoms. The number of hydrogen-bond donors (Lipinski definition) is 1. The van der Waals surface area contributed by atoms with E-state index in [1.54, 1.807) is 0 Å². The van der Waals surface area contributed by atoms with Gasteiger partial charge in [0.2, 0.25) is 5.91 Å². The van der Waals surface area contributed by atoms with Crippen molar-refractivity contribution in [3.05, 3.63) is 29.8 Å². The molecule has 1 fully saturated rings. The molecular weight excluding hydrogens is 254 g/mol. The molecule has 1 N–H and O–H groups in total. The minimum Gasteiger partial charge on any atom is -0.491 e. The lowest BCUT2D eigenvalue weighted by Crippen LogP contribution is -2.40. The molecule has 4 heteroatoms. The lowest BCUT2D eigenvalue weighted by molar-refractivity contribution is -0.132. The van der Waals surface area contributed by atoms with Crippen LogP contribution in [0.25, 0.3) is 0 Å². The van der Waals surface area contributed by atoms with Crippen molar-refractivity contribution < 1.29 is 14.6 Å². The SMILES string of the molecule is CC(C)Oc1ccc(CC(=O)N2CCC(O)CC2)cc1. The summed E-state index contributed by atoms with van der Waals surface area (Å²) >= 11 is 0. The zero-order valence-electron chi connectivity index (χ0n) is 12.2. The molecule has 2 rings (SSSR count). The fourth-order valence-electron chi connectivity index (χ4n) is 2.36. The Morgan fingerprint density at radius 1 is 1.30 bits per heavy atom. The van der Waals surface area contributed by atoms with Gasteiger partial charge in [-0.15, -0.1) is 0 Å². The van der Waals surface area contributed by atoms with E-state index in [-0.39, 0.29) is 18.1 Å². The molecule has 1 aromatic carbocycles. The van der Waals surface area contributed by atoms with Crippen LogP contribution >= 0.6 is 0 Å². The first-order valence-electron chi connectivity index (χ1n) is 7.26. The van der Waals surface area contributed by atoms with Crippen molar-refractivity contribution in [3.63, 3.8) is 0 Å². The Hall–Kier alpha value is -1.55. The van der Waals surface area contributed by atoms with E-state index in [1.165, 1.54) is 0 Å². The summed E-state index contributed by atoms with van der Waals surface area (Å²) in [6, 6.07) is 7.69. The topological polar surface area (TPSA) is 49.8 Å². The number of nitrogens with zero attached hydrogens (tertiary/aromatic N) is 1. The fraction of sp³-hybridized carbons (Fsp3) is 0.562. The summed E-state index contributed by atoms with van der Waals surface area (Å²) in [6.07, 6.45) is 1.70. The molecule has 0 atom stereocenters. The molecule has 4 nitrogen and oxygen atoms in total. The number of carbonyl (C=O) groups is 1. The number of carbonyl (C=O) groups excluding carboxylic acids is 1. The van der Waals surface area contributed by atoms with Crippen molar-refractivity contribution in [2.75, 3.05) is 13.1 Å². The highest BCUT2D eigenvalue weighted by Gasteiger charge is 2.21. The van der Waals surface area contributed by atoms with Crippen molar-refractivity contribution in [1.29, 1.82) is 0 Å². The van der Waals surface area contributed by atoms with Crippen LogP contribution in [0.15, 0.2) is 24.3 Å². The summed E-state index contributed by atoms with van der Waals surface area (Å²) in [6.45, 7) is 5.30. The maximum atomic E-state index is 12.1. The second-order valence-corrected chi connectivity index (χ2v) is 5.60. The number of ether oxygens (including phenoxy) is 1. The smallest absolute Gasteiger partial charge is 0.226 e. The molecule has 1 aliphatic heterocycles. The standard InChI is InChI=1S/C16H23NO3/c1-12(2)20-15-5-3-13(4-6-15)11-16(19)17-9-7-14(18)8-10-17/h3-6,12,14,18H,7-11H2,1-2H3. The Balaban J connectivity index is 1.88. The summed E-state index contributed by atoms with van der Waals surface area (Å²) in [5, 5.41) is 9.45. The van der Waals surface area contributed by atoms with Gasteiger partial charge in [0, 0.05) is 13.1 Å². The summed E-state index contributed by atoms with van der Waals surface area (Å²) in [7, 11) is 0. The number of amides is 1. The summed E-state index contributed by atoms with van der Waals surface area (Å²) in [4.78, 5) is 14.0. The number of piperidine rings is 1. The predicted octanol–water partition coefficient (Wildman–Crippen LogP) is 2.00. The Kier molecular flexibility index (Phi) is 5.01. The minimum absolute atomic E-state index is 0.134. The Labute approximate surface area is 120 Å². The highest BCUT2D eigenvalue weighted by atomic mass is 16.5. The van der Waals surface area contributed by atoms with Gasteiger partial charge in [0.15, 0.2) is 0 Å². The average Bonchev–Trinajstić information content (AvgIpc) is 2.41. The van der Waals surface area contributed by atoms with Gasteiger partial charge < -0.3 is 14.7 Å². The van der Waals surface area contributed by atoms with Crippen LogP contribution in [0.4, 0.5) is 0 Å². The van der Waals surface area contributed by atoms with Crippen molar-refractivity contribution in [2.24, 2.45) is 0 Å². The summed E-state index contributed by atoms with van der Waals surface area (Å²) < 4.78 is 5.58. The number of aliphatic hydroxyl groups is 1. The van der Waals surface area contributed by atoms with Crippen LogP contribution in [-0.2, 0) is 11.2 Å². The van der Waals surface area contributed by atoms with Crippen molar-refractivity contribution in [2.45, 2.75) is 45.3 Å². The van der Waals surface area contributed by atoms with E-state index in [0.717, 1.165) is 11.3 Å². The van der Waals surface area contributed by atoms with Crippen LogP contribution in [0.3, 0.4) is 0 Å². The predicted molar refractivity (Wildman–Crippen MR) is 77.7 cm³/mol. The van der Waals surface area contributed by atoms with E-state index in [4.69, 9.17) is 4.74 Å². The molecular formula is C16H23NO3. The van der Waals surface area contributed by atoms with E-state index < -0.39 is 0 Å². The third kappa shape index (κ3) is 4.23. The molecule has 1 aromatic rings. The molecule has 0 aromatic heterocycles. The third-order valence-electron chi connectivity index (χ3n) is 3.47. The van der Waals surface area contributed by atoms with Gasteiger partial charge in [-0.25, -0.2) is 0 Å². The second-order valence-electron chi connectivity index (χ2n) is 5.60. The van der Waals surface area contributed by atoms with E-state index in [2.05, 4.69) is 0 Å². The number of rotatable bonds is 4. The molecule has 110 valence electrons. The van der Waals surface area contributed by atoms with Crippen LogP contribution in [0.5, 0.6) is 5.75 Å². The largest absolute Gasteiger partial charge is 0.491 e. The first kappa shape index (κ1) is 14.9. The summed E-state index contributed by atoms with van der Waals surface area (Å²) in [5.41, 5.74) is 0.997. The van der Waals surface area contributed by atoms with Gasteiger partial charge in [-0.05, 0) is 44.4 Å². The number of aliphatic hydroxyl groups excluding tert-OH is 1. The highest BCUT2D eigenvalue weighted by Crippen LogP contribution is 2.16. The minimum atomic E-state index is -0.244. The van der Waals surface area contributed by atoms with E-state index >= 15 is 0 Å². The Morgan fingerprint density at radius 2 is 1.90 bits per heavy atom. The van der Waals surface area contributed by atoms with Gasteiger partial charge in [-0.1, -0.05) is 12.1 Å². The highest BCUT2D eigenvalue weighted by molar-refractivity contribution is 5.78. The van der Waals surface area contributed by atoms with Crippen LogP contribution in [0.1, 0.15) is 32.3 Å². The van der Waals surface area contributed by atoms with E-state index in [0.29, 0.717) is 32.4 Å². The van der Waals surface area contributed by atoms with Crippen molar-refractivity contribution in [1.82, 2.24) is 4.90 Å². The Bertz CT molecular complexity index is 434. The lowest BCUT2D eigenvalue weighted by atomic mass is 10.1. The number of hydrogen-bond acceptors (Lipinski definition) is 3. The van der Waals surface area contributed by atoms with Crippen molar-refractivity contribution in [3.8, 4) is 5.75 Å². The maximum absolute atomic E-state index is 12.1. The maximum Gasteiger partial charge on any atom is 0.226 e. The molecule has 0 radical (unpaired) electrons. The number of benzene rings is 1. The molecule has 0 aliphatic carbocycles. The molecule has 1 saturated heterocycles. The molecule has 1 amide bonds. The molecule has 1 heterocycles. The van der Waals surface area contributed by atoms with Crippen LogP contribution < -0.4 is 4.74 Å². The number of likely N-dealkylation sites (tertiary alicyclic amines) is 1. The molecule has 0 spiro atoms. The normalized spacial score (nSPS) is 16.5. The zero-order chi connectivity index (χ0) is 14.5. The lowest BCUT2D eigenvalue weighted by Gasteiger charge is -2.29. The van der Waals surface area contributed by atoms with Crippen LogP contribution in [0, 0.1) is 0 Å². The molecule has 0 bridgehead atoms. The zero-order valence-corrected chi connectivity index (χ0v) is 12.2. The van der Waals surface area contributed by atoms with Crippen LogP contribution in [0.2, 0.25) is 0 Å². The monoisotopic (exact) mass is 277 g/mol. The van der Waals surface area contributed by atoms with Crippen LogP contribution in [-0.4, -0.2) is 41.2 Å². The summed E-state index contributed by atoms with van der Waals surface area (Å²) in [5.74, 6) is 0.965. The Morgan fingerprint density at radius 3 is 2.45 bits per heavy atom. The van der Waals surface area contributed by atoms with Gasteiger partial charge in [0.05, 0.1) is 18.6 Å². The van der Waals surface area contributed by atoms with Gasteiger partial charge in [-0.2, -0.15) is 0 Å². The molecule has 1 aliphatic rings. The van der Waals surface area contributed by atoms with E-state index in [9.17, 15) is 9.90 Å². The quantitative estimate of drug-likeness (QED) is 0.915. The van der Waals surface area contributed by atoms with Gasteiger partial charge in [0.25, 0.3) is 0 Å². The average molecular weight is 277 g/mol. The third-order valence-corrected chi connectivity index (χ3v) is 3.47. The van der Waals surface area contributed by atoms with Crippen molar-refractivity contribution >= 4 is 5.91 Å².